The van der Waals surface area contributed by atoms with Crippen molar-refractivity contribution in [2.24, 2.45) is 7.05 Å². The van der Waals surface area contributed by atoms with E-state index >= 15 is 8.96 Å². The quantitative estimate of drug-likeness (QED) is 0.0243. The number of fused-ring (bicyclic) bond motifs is 2. The van der Waals surface area contributed by atoms with Crippen LogP contribution in [-0.2, 0) is 56.7 Å². The van der Waals surface area contributed by atoms with E-state index in [2.05, 4.69) is 25.3 Å². The van der Waals surface area contributed by atoms with Crippen molar-refractivity contribution in [2.75, 3.05) is 25.1 Å². The highest BCUT2D eigenvalue weighted by Crippen LogP contribution is 2.57. The second kappa shape index (κ2) is 25.5. The van der Waals surface area contributed by atoms with Gasteiger partial charge in [-0.05, 0) is 52.4 Å². The van der Waals surface area contributed by atoms with E-state index in [0.717, 1.165) is 15.3 Å². The number of nitriles is 1. The van der Waals surface area contributed by atoms with Crippen LogP contribution in [0.3, 0.4) is 0 Å². The highest BCUT2D eigenvalue weighted by Gasteiger charge is 2.61. The molecule has 2 unspecified atom stereocenters. The van der Waals surface area contributed by atoms with Crippen molar-refractivity contribution in [1.29, 1.82) is 5.26 Å². The molecule has 1 aromatic carbocycles. The summed E-state index contributed by atoms with van der Waals surface area (Å²) in [5.74, 6) is -1.40. The molecule has 2 fully saturated rings. The molecule has 0 aliphatic carbocycles. The molecule has 25 nitrogen and oxygen atoms in total. The number of halogens is 1. The summed E-state index contributed by atoms with van der Waals surface area (Å²) >= 11 is 0. The molecule has 0 saturated carbocycles. The number of carbonyl (C=O) groups is 1. The van der Waals surface area contributed by atoms with Crippen LogP contribution in [0.4, 0.5) is 10.2 Å². The summed E-state index contributed by atoms with van der Waals surface area (Å²) in [6.45, 7) is 22.7. The van der Waals surface area contributed by atoms with Gasteiger partial charge in [0.15, 0.2) is 49.2 Å². The van der Waals surface area contributed by atoms with Gasteiger partial charge in [0.25, 0.3) is 11.5 Å². The maximum absolute atomic E-state index is 16.1. The minimum Gasteiger partial charge on any atom is -0.414 e. The van der Waals surface area contributed by atoms with Crippen molar-refractivity contribution in [1.82, 2.24) is 33.6 Å². The van der Waals surface area contributed by atoms with Crippen LogP contribution >= 0.6 is 16.1 Å². The van der Waals surface area contributed by atoms with Gasteiger partial charge in [-0.1, -0.05) is 94.4 Å². The van der Waals surface area contributed by atoms with E-state index in [1.807, 2.05) is 95.3 Å². The summed E-state index contributed by atoms with van der Waals surface area (Å²) in [4.78, 5) is 67.4. The van der Waals surface area contributed by atoms with E-state index in [1.54, 1.807) is 30.3 Å². The monoisotopic (exact) mass is 1220 g/mol. The molecule has 4 N–H and O–H groups in total. The fourth-order valence-electron chi connectivity index (χ4n) is 9.76. The van der Waals surface area contributed by atoms with Gasteiger partial charge in [0.2, 0.25) is 0 Å². The molecule has 1 amide bonds. The topological polar surface area (TPSA) is 314 Å². The van der Waals surface area contributed by atoms with Crippen LogP contribution < -0.4 is 10.9 Å². The molecule has 446 valence electrons. The zero-order valence-corrected chi connectivity index (χ0v) is 52.9. The number of imidazole rings is 1. The van der Waals surface area contributed by atoms with E-state index in [0.29, 0.717) is 5.56 Å². The summed E-state index contributed by atoms with van der Waals surface area (Å²) < 4.78 is 108. The average molecular weight is 1220 g/mol. The van der Waals surface area contributed by atoms with Crippen LogP contribution in [0.25, 0.3) is 22.2 Å². The lowest BCUT2D eigenvalue weighted by Crippen LogP contribution is -2.62. The first-order valence-electron chi connectivity index (χ1n) is 26.7. The highest BCUT2D eigenvalue weighted by atomic mass is 31.2. The number of aliphatic hydroxyl groups is 1. The maximum Gasteiger partial charge on any atom is 0.475 e. The summed E-state index contributed by atoms with van der Waals surface area (Å²) in [5, 5.41) is 22.8. The second-order valence-corrected chi connectivity index (χ2v) is 38.7. The molecule has 2 aliphatic rings. The van der Waals surface area contributed by atoms with E-state index in [4.69, 9.17) is 40.5 Å². The maximum atomic E-state index is 16.1. The van der Waals surface area contributed by atoms with E-state index < -0.39 is 149 Å². The Kier molecular flexibility index (Phi) is 20.2. The number of carbonyl (C=O) groups excluding carboxylic acids is 1. The first-order valence-corrected chi connectivity index (χ1v) is 36.3. The fraction of sp³-hybridized carbons (Fsp3) is 0.620. The number of hydrogen-bond acceptors (Lipinski definition) is 20. The number of phosphoric ester groups is 1. The minimum atomic E-state index is -5.18. The normalized spacial score (nSPS) is 23.3. The molecule has 81 heavy (non-hydrogen) atoms. The Bertz CT molecular complexity index is 3180. The van der Waals surface area contributed by atoms with Crippen molar-refractivity contribution < 1.29 is 73.6 Å². The Morgan fingerprint density at radius 1 is 0.889 bits per heavy atom. The highest BCUT2D eigenvalue weighted by molar-refractivity contribution is 7.48. The Balaban J connectivity index is 1.34. The predicted octanol–water partition coefficient (Wildman–Crippen LogP) is 8.27. The van der Waals surface area contributed by atoms with Crippen molar-refractivity contribution in [2.45, 2.75) is 172 Å². The van der Waals surface area contributed by atoms with Crippen LogP contribution in [-0.4, -0.2) is 136 Å². The average Bonchev–Trinajstić information content (AvgIpc) is 4.17. The molecule has 0 radical (unpaired) electrons. The molecular formula is C50H76FN9O16P2Si3. The molecule has 5 aromatic rings. The van der Waals surface area contributed by atoms with E-state index in [-0.39, 0.29) is 40.1 Å². The van der Waals surface area contributed by atoms with Crippen LogP contribution in [0.15, 0.2) is 60.3 Å². The van der Waals surface area contributed by atoms with Gasteiger partial charge in [-0.25, -0.2) is 28.9 Å². The van der Waals surface area contributed by atoms with E-state index in [9.17, 15) is 34.2 Å². The van der Waals surface area contributed by atoms with Gasteiger partial charge in [0.05, 0.1) is 45.0 Å². The van der Waals surface area contributed by atoms with Crippen molar-refractivity contribution >= 4 is 75.4 Å². The lowest BCUT2D eigenvalue weighted by atomic mass is 10.1. The largest absolute Gasteiger partial charge is 0.475 e. The number of hydrogen-bond donors (Lipinski definition) is 4. The number of aromatic nitrogens is 7. The summed E-state index contributed by atoms with van der Waals surface area (Å²) in [7, 11) is -18.0. The molecule has 2 aliphatic heterocycles. The van der Waals surface area contributed by atoms with Crippen molar-refractivity contribution in [3.05, 3.63) is 77.2 Å². The van der Waals surface area contributed by atoms with Crippen LogP contribution in [0.2, 0.25) is 40.3 Å². The molecule has 0 spiro atoms. The first kappa shape index (κ1) is 64.3. The Morgan fingerprint density at radius 2 is 1.53 bits per heavy atom. The van der Waals surface area contributed by atoms with Gasteiger partial charge in [0.1, 0.15) is 48.3 Å². The van der Waals surface area contributed by atoms with Crippen LogP contribution in [0.1, 0.15) is 105 Å². The third kappa shape index (κ3) is 13.3. The van der Waals surface area contributed by atoms with Crippen molar-refractivity contribution in [3.63, 3.8) is 0 Å². The van der Waals surface area contributed by atoms with Gasteiger partial charge in [-0.3, -0.25) is 32.3 Å². The van der Waals surface area contributed by atoms with E-state index in [1.165, 1.54) is 30.6 Å². The zero-order valence-electron chi connectivity index (χ0n) is 48.0. The first-order chi connectivity index (χ1) is 37.9. The summed E-state index contributed by atoms with van der Waals surface area (Å²) in [6.07, 6.45) is -7.19. The number of aliphatic hydroxyl groups excluding tert-OH is 1. The van der Waals surface area contributed by atoms with Crippen LogP contribution in [0.5, 0.6) is 0 Å². The molecule has 7 rings (SSSR count). The zero-order chi connectivity index (χ0) is 59.7. The van der Waals surface area contributed by atoms with Gasteiger partial charge in [-0.15, -0.1) is 0 Å². The lowest BCUT2D eigenvalue weighted by Gasteiger charge is -2.47. The lowest BCUT2D eigenvalue weighted by molar-refractivity contribution is -0.0628. The molecule has 0 bridgehead atoms. The van der Waals surface area contributed by atoms with Gasteiger partial charge in [0, 0.05) is 18.8 Å². The van der Waals surface area contributed by atoms with Gasteiger partial charge >= 0.3 is 33.2 Å². The Morgan fingerprint density at radius 3 is 2.12 bits per heavy atom. The number of amides is 1. The standard InChI is InChI=1S/C50H76FN9O16P2Si3/c1-29(2)80(67,30(3)4)76-81(31(5)6,32(7)8)75-40-35(24-61)70-48(59-23-34(51)37-44(59)56-27-58(12)47(37)63)41(40)73-78(66,68-22-18-21-52)69-25-36-39(72-77(64)65)42(74-79(13,14)50(9,10)11)49(71-36)60-28-55-38-43(53-26-54-45(38)60)57-46(62)33-19-16-15-17-20-33/h15-17,19-20,23,26-32,35-36,39-42,48-49,61,67,77H,18,22,24-25H2,1-14H3,(H,64,65)(H,53,54,57,62)/t35-,36-,39-,40-,41-,42-,48-,49-,78?/m1/s1. The SMILES string of the molecule is CC(C)[Si](O)(O[Si](O[C@H]1[C@@H](OP(=O)(OCCC#N)OC[C@H]2O[C@@H](n3cnc4c(NC(=O)c5ccccc5)ncnc43)[C@H](O[Si](C)(C)C(C)(C)C)[C@@H]2O[PH](=O)O)[C@H](n2cc(F)c3c(=O)n(C)cnc32)O[C@@H]1CO)(C(C)C)C(C)C)C(C)C. The van der Waals surface area contributed by atoms with Crippen molar-refractivity contribution in [3.8, 4) is 6.07 Å². The summed E-state index contributed by atoms with van der Waals surface area (Å²) in [5.41, 5.74) is -1.74. The number of benzene rings is 1. The third-order valence-corrected chi connectivity index (χ3v) is 31.4. The number of rotatable bonds is 25. The smallest absolute Gasteiger partial charge is 0.414 e. The predicted molar refractivity (Wildman–Crippen MR) is 302 cm³/mol. The number of ether oxygens (including phenoxy) is 2. The molecule has 31 heteroatoms. The molecule has 10 atom stereocenters. The summed E-state index contributed by atoms with van der Waals surface area (Å²) in [6, 6.07) is 10.4. The van der Waals surface area contributed by atoms with Gasteiger partial charge in [-0.2, -0.15) is 5.26 Å². The second-order valence-electron chi connectivity index (χ2n) is 22.9. The Labute approximate surface area is 473 Å². The van der Waals surface area contributed by atoms with Gasteiger partial charge < -0.3 is 56.2 Å². The number of nitrogens with one attached hydrogen (secondary N) is 1. The minimum absolute atomic E-state index is 0.0628. The van der Waals surface area contributed by atoms with Crippen LogP contribution in [0, 0.1) is 17.1 Å². The molecule has 2 saturated heterocycles. The molecular weight excluding hydrogens is 1150 g/mol. The number of phosphoric acid groups is 1. The fourth-order valence-corrected chi connectivity index (χ4v) is 22.9. The molecule has 4 aromatic heterocycles. The number of nitrogens with zero attached hydrogens (tertiary/aromatic N) is 8. The number of anilines is 1. The third-order valence-electron chi connectivity index (χ3n) is 15.3. The molecule has 6 heterocycles. The number of aryl methyl sites for hydroxylation is 1. The Hall–Kier alpha value is -4.29.